The Morgan fingerprint density at radius 3 is 2.19 bits per heavy atom. The number of morpholine rings is 1. The number of fused-ring (bicyclic) bond motifs is 2. The number of hydrogen-bond acceptors (Lipinski definition) is 6. The van der Waals surface area contributed by atoms with Gasteiger partial charge in [0.2, 0.25) is 0 Å². The molecule has 2 radical (unpaired) electrons. The van der Waals surface area contributed by atoms with E-state index in [0.717, 1.165) is 11.1 Å². The minimum atomic E-state index is -1.28. The Hall–Kier alpha value is -3.33. The van der Waals surface area contributed by atoms with Crippen molar-refractivity contribution >= 4 is 25.7 Å². The Kier molecular flexibility index (Phi) is 6.18. The molecule has 2 bridgehead atoms. The Balaban J connectivity index is 1.49. The third-order valence-corrected chi connectivity index (χ3v) is 5.89. The number of carbonyl (C=O) groups is 2. The summed E-state index contributed by atoms with van der Waals surface area (Å²) in [5.74, 6) is -2.21. The van der Waals surface area contributed by atoms with E-state index in [1.54, 1.807) is 0 Å². The summed E-state index contributed by atoms with van der Waals surface area (Å²) >= 11 is 0. The summed E-state index contributed by atoms with van der Waals surface area (Å²) in [6, 6.07) is 16.9. The smallest absolute Gasteiger partial charge is 0.314 e. The van der Waals surface area contributed by atoms with Crippen LogP contribution in [0, 0.1) is 11.3 Å². The molecule has 4 atom stereocenters. The predicted octanol–water partition coefficient (Wildman–Crippen LogP) is 1.32. The highest BCUT2D eigenvalue weighted by Crippen LogP contribution is 2.48. The molecule has 2 aliphatic heterocycles. The second kappa shape index (κ2) is 9.04. The van der Waals surface area contributed by atoms with E-state index in [9.17, 15) is 9.59 Å². The van der Waals surface area contributed by atoms with Gasteiger partial charge in [0.15, 0.2) is 5.96 Å². The Morgan fingerprint density at radius 1 is 1.06 bits per heavy atom. The zero-order valence-electron chi connectivity index (χ0n) is 17.5. The molecular weight excluding hydrogens is 409 g/mol. The van der Waals surface area contributed by atoms with E-state index < -0.39 is 35.5 Å². The molecule has 8 nitrogen and oxygen atoms in total. The molecule has 2 aromatic rings. The number of nitrogens with zero attached hydrogens (tertiary/aromatic N) is 1. The van der Waals surface area contributed by atoms with E-state index in [1.807, 2.05) is 60.7 Å². The van der Waals surface area contributed by atoms with Crippen LogP contribution in [0.5, 0.6) is 0 Å². The molecule has 164 valence electrons. The van der Waals surface area contributed by atoms with Crippen molar-refractivity contribution < 1.29 is 23.8 Å². The van der Waals surface area contributed by atoms with E-state index in [1.165, 1.54) is 4.90 Å². The molecule has 2 fully saturated rings. The summed E-state index contributed by atoms with van der Waals surface area (Å²) in [6.45, 7) is 0.254. The van der Waals surface area contributed by atoms with Crippen LogP contribution in [0.25, 0.3) is 0 Å². The minimum Gasteiger partial charge on any atom is -0.461 e. The van der Waals surface area contributed by atoms with Crippen LogP contribution >= 0.6 is 0 Å². The minimum absolute atomic E-state index is 0.0756. The highest BCUT2D eigenvalue weighted by atomic mass is 16.6. The third-order valence-electron chi connectivity index (χ3n) is 5.89. The van der Waals surface area contributed by atoms with Gasteiger partial charge < -0.3 is 24.8 Å². The van der Waals surface area contributed by atoms with Crippen LogP contribution in [-0.4, -0.2) is 54.8 Å². The van der Waals surface area contributed by atoms with Crippen molar-refractivity contribution in [1.29, 1.82) is 5.41 Å². The fourth-order valence-corrected chi connectivity index (χ4v) is 4.46. The van der Waals surface area contributed by atoms with E-state index in [0.29, 0.717) is 0 Å². The largest absolute Gasteiger partial charge is 0.461 e. The fourth-order valence-electron chi connectivity index (χ4n) is 4.46. The van der Waals surface area contributed by atoms with Gasteiger partial charge in [-0.3, -0.25) is 15.0 Å². The summed E-state index contributed by atoms with van der Waals surface area (Å²) in [5, 5.41) is 7.89. The normalized spacial score (nSPS) is 26.0. The van der Waals surface area contributed by atoms with Crippen LogP contribution in [0.4, 0.5) is 0 Å². The maximum atomic E-state index is 13.1. The summed E-state index contributed by atoms with van der Waals surface area (Å²) in [7, 11) is 6.13. The second-order valence-electron chi connectivity index (χ2n) is 8.05. The molecule has 0 amide bonds. The zero-order chi connectivity index (χ0) is 22.7. The van der Waals surface area contributed by atoms with Gasteiger partial charge in [-0.05, 0) is 11.1 Å². The van der Waals surface area contributed by atoms with Gasteiger partial charge in [0, 0.05) is 6.00 Å². The number of hydrogen-bond donors (Lipinski definition) is 2. The predicted molar refractivity (Wildman–Crippen MR) is 116 cm³/mol. The SMILES string of the molecule is [B][C@@H]1O[C@@]2(CC(=O)OCc3ccccc3)CN(C(=N)N)C1C2C(=O)OCc1ccccc1. The maximum absolute atomic E-state index is 13.1. The first-order valence-electron chi connectivity index (χ1n) is 10.3. The van der Waals surface area contributed by atoms with Crippen molar-refractivity contribution in [3.63, 3.8) is 0 Å². The van der Waals surface area contributed by atoms with Crippen molar-refractivity contribution in [3.05, 3.63) is 71.8 Å². The van der Waals surface area contributed by atoms with Gasteiger partial charge in [0.05, 0.1) is 19.0 Å². The van der Waals surface area contributed by atoms with Gasteiger partial charge in [-0.15, -0.1) is 0 Å². The van der Waals surface area contributed by atoms with Crippen LogP contribution in [-0.2, 0) is 37.0 Å². The van der Waals surface area contributed by atoms with Crippen molar-refractivity contribution in [2.45, 2.75) is 37.3 Å². The number of nitrogens with two attached hydrogens (primary N) is 1. The van der Waals surface area contributed by atoms with E-state index in [2.05, 4.69) is 0 Å². The molecule has 0 saturated carbocycles. The maximum Gasteiger partial charge on any atom is 0.314 e. The molecule has 0 spiro atoms. The topological polar surface area (TPSA) is 115 Å². The number of rotatable bonds is 7. The Labute approximate surface area is 187 Å². The first-order chi connectivity index (χ1) is 15.4. The molecule has 2 aromatic carbocycles. The number of nitrogens with one attached hydrogen (secondary N) is 1. The van der Waals surface area contributed by atoms with Gasteiger partial charge in [0.1, 0.15) is 32.6 Å². The molecule has 2 aliphatic rings. The highest BCUT2D eigenvalue weighted by Gasteiger charge is 2.66. The van der Waals surface area contributed by atoms with E-state index in [4.69, 9.17) is 33.2 Å². The van der Waals surface area contributed by atoms with Gasteiger partial charge in [0.25, 0.3) is 0 Å². The zero-order valence-corrected chi connectivity index (χ0v) is 17.5. The summed E-state index contributed by atoms with van der Waals surface area (Å²) in [6.07, 6.45) is -0.209. The average molecular weight is 433 g/mol. The first kappa shape index (κ1) is 21.9. The number of esters is 2. The molecule has 3 N–H and O–H groups in total. The van der Waals surface area contributed by atoms with Gasteiger partial charge in [-0.25, -0.2) is 0 Å². The van der Waals surface area contributed by atoms with Crippen LogP contribution in [0.15, 0.2) is 60.7 Å². The summed E-state index contributed by atoms with van der Waals surface area (Å²) in [4.78, 5) is 27.3. The van der Waals surface area contributed by atoms with Crippen LogP contribution in [0.2, 0.25) is 0 Å². The van der Waals surface area contributed by atoms with E-state index in [-0.39, 0.29) is 32.1 Å². The molecule has 4 rings (SSSR count). The van der Waals surface area contributed by atoms with Crippen molar-refractivity contribution in [2.75, 3.05) is 6.54 Å². The van der Waals surface area contributed by atoms with Crippen LogP contribution in [0.1, 0.15) is 17.5 Å². The molecule has 9 heteroatoms. The number of likely N-dealkylation sites (tertiary alicyclic amines) is 1. The third kappa shape index (κ3) is 4.34. The number of benzene rings is 2. The molecule has 32 heavy (non-hydrogen) atoms. The van der Waals surface area contributed by atoms with E-state index >= 15 is 0 Å². The standard InChI is InChI=1S/C23H24BN3O5/c24-20-19-18(21(29)31-13-16-9-5-2-6-10-16)23(32-20,14-27(19)22(25)26)11-17(28)30-12-15-7-3-1-4-8-15/h1-10,18-20H,11-14H2,(H3,25,26)/t18?,19?,20-,23+/m1/s1. The number of guanidine groups is 1. The molecule has 0 aliphatic carbocycles. The van der Waals surface area contributed by atoms with Crippen molar-refractivity contribution in [2.24, 2.45) is 11.7 Å². The van der Waals surface area contributed by atoms with Crippen LogP contribution < -0.4 is 5.73 Å². The van der Waals surface area contributed by atoms with Gasteiger partial charge >= 0.3 is 11.9 Å². The van der Waals surface area contributed by atoms with Crippen molar-refractivity contribution in [1.82, 2.24) is 4.90 Å². The highest BCUT2D eigenvalue weighted by molar-refractivity contribution is 6.12. The summed E-state index contributed by atoms with van der Waals surface area (Å²) in [5.41, 5.74) is 6.12. The Bertz CT molecular complexity index is 990. The lowest BCUT2D eigenvalue weighted by atomic mass is 9.82. The summed E-state index contributed by atoms with van der Waals surface area (Å²) < 4.78 is 16.9. The number of ether oxygens (including phenoxy) is 3. The number of carbonyl (C=O) groups excluding carboxylic acids is 2. The lowest BCUT2D eigenvalue weighted by Crippen LogP contribution is -2.52. The van der Waals surface area contributed by atoms with Gasteiger partial charge in [-0.1, -0.05) is 60.7 Å². The second-order valence-corrected chi connectivity index (χ2v) is 8.05. The lowest BCUT2D eigenvalue weighted by molar-refractivity contribution is -0.161. The first-order valence-corrected chi connectivity index (χ1v) is 10.3. The van der Waals surface area contributed by atoms with Gasteiger partial charge in [-0.2, -0.15) is 0 Å². The molecule has 2 heterocycles. The van der Waals surface area contributed by atoms with Crippen LogP contribution in [0.3, 0.4) is 0 Å². The van der Waals surface area contributed by atoms with Crippen molar-refractivity contribution in [3.8, 4) is 0 Å². The average Bonchev–Trinajstić information content (AvgIpc) is 3.26. The fraction of sp³-hybridized carbons (Fsp3) is 0.348. The molecule has 2 saturated heterocycles. The molecular formula is C23H24BN3O5. The Morgan fingerprint density at radius 2 is 1.62 bits per heavy atom. The molecule has 0 aromatic heterocycles. The molecule has 2 unspecified atom stereocenters. The lowest BCUT2D eigenvalue weighted by Gasteiger charge is -2.36. The monoisotopic (exact) mass is 433 g/mol. The quantitative estimate of drug-likeness (QED) is 0.293.